The van der Waals surface area contributed by atoms with Crippen LogP contribution in [0.3, 0.4) is 0 Å². The number of hydrogen-bond donors (Lipinski definition) is 2. The molecule has 1 unspecified atom stereocenters. The number of ketones is 1. The summed E-state index contributed by atoms with van der Waals surface area (Å²) in [5.74, 6) is -0.302. The minimum absolute atomic E-state index is 0.0501. The number of carbonyl (C=O) groups is 3. The molecular formula is C14H25N3O3. The van der Waals surface area contributed by atoms with Crippen molar-refractivity contribution in [2.24, 2.45) is 5.92 Å². The number of rotatable bonds is 5. The summed E-state index contributed by atoms with van der Waals surface area (Å²) >= 11 is 0. The predicted octanol–water partition coefficient (Wildman–Crippen LogP) is -0.0734. The summed E-state index contributed by atoms with van der Waals surface area (Å²) in [6, 6.07) is -0.468. The molecule has 1 saturated heterocycles. The topological polar surface area (TPSA) is 78.5 Å². The van der Waals surface area contributed by atoms with Crippen LogP contribution < -0.4 is 10.6 Å². The Morgan fingerprint density at radius 1 is 1.40 bits per heavy atom. The van der Waals surface area contributed by atoms with Gasteiger partial charge in [0.05, 0.1) is 18.1 Å². The van der Waals surface area contributed by atoms with Crippen LogP contribution in [0.1, 0.15) is 34.6 Å². The van der Waals surface area contributed by atoms with E-state index in [2.05, 4.69) is 10.6 Å². The standard InChI is InChI=1S/C14H25N3O3/c1-9(2)12(10(3)18)16-11(19)8-17-7-6-15-13(20)14(17,4)5/h9,12H,6-8H2,1-5H3,(H,15,20)(H,16,19). The highest BCUT2D eigenvalue weighted by Gasteiger charge is 2.38. The molecule has 0 radical (unpaired) electrons. The Kier molecular flexibility index (Phi) is 5.28. The van der Waals surface area contributed by atoms with Crippen LogP contribution in [0.15, 0.2) is 0 Å². The Hall–Kier alpha value is -1.43. The maximum absolute atomic E-state index is 12.1. The summed E-state index contributed by atoms with van der Waals surface area (Å²) in [4.78, 5) is 37.2. The van der Waals surface area contributed by atoms with Crippen LogP contribution in [0, 0.1) is 5.92 Å². The Balaban J connectivity index is 2.66. The van der Waals surface area contributed by atoms with Gasteiger partial charge in [-0.05, 0) is 26.7 Å². The number of hydrogen-bond acceptors (Lipinski definition) is 4. The molecule has 1 aliphatic rings. The zero-order chi connectivity index (χ0) is 15.5. The van der Waals surface area contributed by atoms with E-state index in [1.54, 1.807) is 13.8 Å². The molecule has 1 fully saturated rings. The zero-order valence-electron chi connectivity index (χ0n) is 12.9. The molecule has 0 aromatic heterocycles. The van der Waals surface area contributed by atoms with Crippen LogP contribution in [0.5, 0.6) is 0 Å². The van der Waals surface area contributed by atoms with Gasteiger partial charge in [0, 0.05) is 13.1 Å². The number of amides is 2. The molecule has 1 atom stereocenters. The quantitative estimate of drug-likeness (QED) is 0.740. The van der Waals surface area contributed by atoms with Gasteiger partial charge in [0.2, 0.25) is 11.8 Å². The molecule has 0 aliphatic carbocycles. The fourth-order valence-electron chi connectivity index (χ4n) is 2.35. The molecule has 6 nitrogen and oxygen atoms in total. The molecule has 1 heterocycles. The Morgan fingerprint density at radius 3 is 2.50 bits per heavy atom. The lowest BCUT2D eigenvalue weighted by molar-refractivity contribution is -0.138. The van der Waals surface area contributed by atoms with Crippen LogP contribution in [-0.4, -0.2) is 53.7 Å². The first kappa shape index (κ1) is 16.6. The molecule has 0 spiro atoms. The van der Waals surface area contributed by atoms with E-state index < -0.39 is 11.6 Å². The van der Waals surface area contributed by atoms with Gasteiger partial charge in [-0.25, -0.2) is 0 Å². The van der Waals surface area contributed by atoms with Gasteiger partial charge in [0.25, 0.3) is 0 Å². The molecule has 1 rings (SSSR count). The smallest absolute Gasteiger partial charge is 0.240 e. The number of nitrogens with one attached hydrogen (secondary N) is 2. The molecule has 0 bridgehead atoms. The van der Waals surface area contributed by atoms with Crippen LogP contribution in [0.25, 0.3) is 0 Å². The van der Waals surface area contributed by atoms with Crippen molar-refractivity contribution < 1.29 is 14.4 Å². The van der Waals surface area contributed by atoms with Gasteiger partial charge in [-0.15, -0.1) is 0 Å². The number of carbonyl (C=O) groups excluding carboxylic acids is 3. The van der Waals surface area contributed by atoms with Crippen molar-refractivity contribution in [2.75, 3.05) is 19.6 Å². The SMILES string of the molecule is CC(=O)C(NC(=O)CN1CCNC(=O)C1(C)C)C(C)C. The Morgan fingerprint density at radius 2 is 2.00 bits per heavy atom. The van der Waals surface area contributed by atoms with Gasteiger partial charge in [-0.1, -0.05) is 13.8 Å². The molecule has 114 valence electrons. The first-order chi connectivity index (χ1) is 9.16. The number of nitrogens with zero attached hydrogens (tertiary/aromatic N) is 1. The van der Waals surface area contributed by atoms with E-state index in [4.69, 9.17) is 0 Å². The second-order valence-electron chi connectivity index (χ2n) is 6.14. The number of Topliss-reactive ketones (excluding diaryl/α,β-unsaturated/α-hetero) is 1. The van der Waals surface area contributed by atoms with Crippen LogP contribution in [-0.2, 0) is 14.4 Å². The second kappa shape index (κ2) is 6.35. The molecule has 0 aromatic rings. The minimum Gasteiger partial charge on any atom is -0.353 e. The molecule has 2 N–H and O–H groups in total. The maximum Gasteiger partial charge on any atom is 0.240 e. The average Bonchev–Trinajstić information content (AvgIpc) is 2.31. The van der Waals surface area contributed by atoms with Gasteiger partial charge in [0.15, 0.2) is 5.78 Å². The van der Waals surface area contributed by atoms with E-state index in [1.165, 1.54) is 6.92 Å². The lowest BCUT2D eigenvalue weighted by Gasteiger charge is -2.40. The Bertz CT molecular complexity index is 404. The summed E-state index contributed by atoms with van der Waals surface area (Å²) in [5.41, 5.74) is -0.709. The highest BCUT2D eigenvalue weighted by molar-refractivity contribution is 5.90. The van der Waals surface area contributed by atoms with Gasteiger partial charge in [0.1, 0.15) is 0 Å². The van der Waals surface area contributed by atoms with E-state index >= 15 is 0 Å². The van der Waals surface area contributed by atoms with Crippen molar-refractivity contribution in [1.82, 2.24) is 15.5 Å². The molecule has 1 aliphatic heterocycles. The lowest BCUT2D eigenvalue weighted by Crippen LogP contribution is -2.63. The summed E-state index contributed by atoms with van der Waals surface area (Å²) < 4.78 is 0. The first-order valence-corrected chi connectivity index (χ1v) is 6.99. The molecule has 20 heavy (non-hydrogen) atoms. The fraction of sp³-hybridized carbons (Fsp3) is 0.786. The van der Waals surface area contributed by atoms with E-state index in [0.717, 1.165) is 0 Å². The van der Waals surface area contributed by atoms with Gasteiger partial charge in [-0.2, -0.15) is 0 Å². The van der Waals surface area contributed by atoms with Crippen LogP contribution >= 0.6 is 0 Å². The lowest BCUT2D eigenvalue weighted by atomic mass is 9.98. The van der Waals surface area contributed by atoms with Gasteiger partial charge in [-0.3, -0.25) is 19.3 Å². The average molecular weight is 283 g/mol. The highest BCUT2D eigenvalue weighted by Crippen LogP contribution is 2.17. The van der Waals surface area contributed by atoms with Crippen molar-refractivity contribution in [3.63, 3.8) is 0 Å². The normalized spacial score (nSPS) is 20.4. The zero-order valence-corrected chi connectivity index (χ0v) is 12.9. The third kappa shape index (κ3) is 3.79. The minimum atomic E-state index is -0.709. The molecular weight excluding hydrogens is 258 g/mol. The molecule has 0 saturated carbocycles. The third-order valence-corrected chi connectivity index (χ3v) is 3.77. The fourth-order valence-corrected chi connectivity index (χ4v) is 2.35. The van der Waals surface area contributed by atoms with E-state index in [9.17, 15) is 14.4 Å². The highest BCUT2D eigenvalue weighted by atomic mass is 16.2. The largest absolute Gasteiger partial charge is 0.353 e. The summed E-state index contributed by atoms with van der Waals surface area (Å²) in [7, 11) is 0. The summed E-state index contributed by atoms with van der Waals surface area (Å²) in [5, 5.41) is 5.54. The van der Waals surface area contributed by atoms with E-state index in [-0.39, 0.29) is 30.1 Å². The van der Waals surface area contributed by atoms with E-state index in [1.807, 2.05) is 18.7 Å². The second-order valence-corrected chi connectivity index (χ2v) is 6.14. The van der Waals surface area contributed by atoms with Gasteiger partial charge < -0.3 is 10.6 Å². The Labute approximate surface area is 120 Å². The predicted molar refractivity (Wildman–Crippen MR) is 76.1 cm³/mol. The first-order valence-electron chi connectivity index (χ1n) is 6.99. The van der Waals surface area contributed by atoms with Crippen LogP contribution in [0.2, 0.25) is 0 Å². The maximum atomic E-state index is 12.1. The van der Waals surface area contributed by atoms with Crippen molar-refractivity contribution in [3.05, 3.63) is 0 Å². The molecule has 0 aromatic carbocycles. The van der Waals surface area contributed by atoms with Crippen molar-refractivity contribution in [3.8, 4) is 0 Å². The van der Waals surface area contributed by atoms with Gasteiger partial charge >= 0.3 is 0 Å². The number of piperazine rings is 1. The van der Waals surface area contributed by atoms with Crippen LogP contribution in [0.4, 0.5) is 0 Å². The summed E-state index contributed by atoms with van der Waals surface area (Å²) in [6.07, 6.45) is 0. The monoisotopic (exact) mass is 283 g/mol. The summed E-state index contributed by atoms with van der Waals surface area (Å²) in [6.45, 7) is 10.1. The van der Waals surface area contributed by atoms with Crippen molar-refractivity contribution in [2.45, 2.75) is 46.2 Å². The van der Waals surface area contributed by atoms with Crippen molar-refractivity contribution >= 4 is 17.6 Å². The third-order valence-electron chi connectivity index (χ3n) is 3.77. The van der Waals surface area contributed by atoms with Crippen molar-refractivity contribution in [1.29, 1.82) is 0 Å². The molecule has 2 amide bonds. The van der Waals surface area contributed by atoms with E-state index in [0.29, 0.717) is 13.1 Å². The molecule has 6 heteroatoms.